The molecule has 0 radical (unpaired) electrons. The highest BCUT2D eigenvalue weighted by molar-refractivity contribution is 9.08. The summed E-state index contributed by atoms with van der Waals surface area (Å²) in [6.45, 7) is 1.35. The standard InChI is InChI=1S/C16H19BrN2O5S/c17-8-11-10(9-20)13-14(25-11)18-16(22)19(15(13)21)5-3-7-24-12-4-1-2-6-23-12/h9,12H,1-8H2,(H,18,22). The second-order valence-electron chi connectivity index (χ2n) is 5.80. The molecule has 1 aliphatic heterocycles. The van der Waals surface area contributed by atoms with Crippen molar-refractivity contribution in [3.05, 3.63) is 31.3 Å². The number of aldehydes is 1. The number of aromatic nitrogens is 2. The highest BCUT2D eigenvalue weighted by atomic mass is 79.9. The summed E-state index contributed by atoms with van der Waals surface area (Å²) < 4.78 is 12.2. The fourth-order valence-electron chi connectivity index (χ4n) is 2.89. The molecular weight excluding hydrogens is 412 g/mol. The maximum absolute atomic E-state index is 12.7. The molecule has 0 spiro atoms. The predicted octanol–water partition coefficient (Wildman–Crippen LogP) is 2.39. The Morgan fingerprint density at radius 1 is 1.40 bits per heavy atom. The first-order chi connectivity index (χ1) is 12.2. The largest absolute Gasteiger partial charge is 0.353 e. The van der Waals surface area contributed by atoms with Gasteiger partial charge in [0.15, 0.2) is 12.6 Å². The van der Waals surface area contributed by atoms with Crippen molar-refractivity contribution in [2.24, 2.45) is 0 Å². The molecule has 1 aliphatic rings. The van der Waals surface area contributed by atoms with Crippen molar-refractivity contribution in [3.63, 3.8) is 0 Å². The highest BCUT2D eigenvalue weighted by Crippen LogP contribution is 2.27. The van der Waals surface area contributed by atoms with Gasteiger partial charge in [0.2, 0.25) is 0 Å². The summed E-state index contributed by atoms with van der Waals surface area (Å²) in [6.07, 6.45) is 4.01. The number of alkyl halides is 1. The van der Waals surface area contributed by atoms with E-state index < -0.39 is 11.2 Å². The first-order valence-corrected chi connectivity index (χ1v) is 10.1. The molecule has 1 atom stereocenters. The number of nitrogens with zero attached hydrogens (tertiary/aromatic N) is 1. The van der Waals surface area contributed by atoms with E-state index in [0.29, 0.717) is 41.6 Å². The van der Waals surface area contributed by atoms with Crippen molar-refractivity contribution in [2.45, 2.75) is 43.8 Å². The molecule has 1 saturated heterocycles. The van der Waals surface area contributed by atoms with Gasteiger partial charge in [0, 0.05) is 28.9 Å². The number of H-pyrrole nitrogens is 1. The average molecular weight is 431 g/mol. The molecule has 0 saturated carbocycles. The molecule has 3 heterocycles. The molecule has 0 aromatic carbocycles. The quantitative estimate of drug-likeness (QED) is 0.413. The summed E-state index contributed by atoms with van der Waals surface area (Å²) in [5.41, 5.74) is -0.553. The van der Waals surface area contributed by atoms with Crippen molar-refractivity contribution in [1.29, 1.82) is 0 Å². The van der Waals surface area contributed by atoms with Crippen LogP contribution in [0.5, 0.6) is 0 Å². The van der Waals surface area contributed by atoms with Crippen molar-refractivity contribution in [2.75, 3.05) is 13.2 Å². The molecule has 7 nitrogen and oxygen atoms in total. The zero-order valence-corrected chi connectivity index (χ0v) is 16.0. The van der Waals surface area contributed by atoms with Gasteiger partial charge in [-0.1, -0.05) is 15.9 Å². The number of hydrogen-bond acceptors (Lipinski definition) is 6. The van der Waals surface area contributed by atoms with Crippen LogP contribution >= 0.6 is 27.3 Å². The van der Waals surface area contributed by atoms with E-state index >= 15 is 0 Å². The van der Waals surface area contributed by atoms with Crippen molar-refractivity contribution < 1.29 is 14.3 Å². The minimum atomic E-state index is -0.466. The van der Waals surface area contributed by atoms with E-state index in [1.807, 2.05) is 0 Å². The van der Waals surface area contributed by atoms with Gasteiger partial charge in [-0.2, -0.15) is 0 Å². The van der Waals surface area contributed by atoms with E-state index in [4.69, 9.17) is 9.47 Å². The molecule has 2 aromatic heterocycles. The number of ether oxygens (including phenoxy) is 2. The number of rotatable bonds is 7. The third kappa shape index (κ3) is 3.94. The van der Waals surface area contributed by atoms with Crippen LogP contribution in [0.3, 0.4) is 0 Å². The molecule has 25 heavy (non-hydrogen) atoms. The Balaban J connectivity index is 1.75. The maximum Gasteiger partial charge on any atom is 0.329 e. The first-order valence-electron chi connectivity index (χ1n) is 8.18. The normalized spacial score (nSPS) is 17.9. The van der Waals surface area contributed by atoms with Gasteiger partial charge >= 0.3 is 5.69 Å². The minimum absolute atomic E-state index is 0.189. The van der Waals surface area contributed by atoms with Gasteiger partial charge < -0.3 is 9.47 Å². The number of aromatic amines is 1. The Morgan fingerprint density at radius 2 is 2.24 bits per heavy atom. The minimum Gasteiger partial charge on any atom is -0.353 e. The van der Waals surface area contributed by atoms with Gasteiger partial charge in [0.05, 0.1) is 12.0 Å². The lowest BCUT2D eigenvalue weighted by Crippen LogP contribution is -2.35. The highest BCUT2D eigenvalue weighted by Gasteiger charge is 2.18. The van der Waals surface area contributed by atoms with Crippen LogP contribution in [0.15, 0.2) is 9.59 Å². The van der Waals surface area contributed by atoms with Gasteiger partial charge in [-0.05, 0) is 25.7 Å². The summed E-state index contributed by atoms with van der Waals surface area (Å²) in [5.74, 6) is 0. The molecule has 2 aromatic rings. The van der Waals surface area contributed by atoms with Crippen molar-refractivity contribution >= 4 is 43.8 Å². The number of hydrogen-bond donors (Lipinski definition) is 1. The average Bonchev–Trinajstić information content (AvgIpc) is 2.99. The Morgan fingerprint density at radius 3 is 2.92 bits per heavy atom. The van der Waals surface area contributed by atoms with Crippen LogP contribution in [0, 0.1) is 0 Å². The molecule has 3 rings (SSSR count). The van der Waals surface area contributed by atoms with E-state index in [9.17, 15) is 14.4 Å². The van der Waals surface area contributed by atoms with Crippen LogP contribution in [0.1, 0.15) is 40.9 Å². The van der Waals surface area contributed by atoms with Crippen LogP contribution in [0.25, 0.3) is 10.2 Å². The van der Waals surface area contributed by atoms with E-state index in [0.717, 1.165) is 28.7 Å². The lowest BCUT2D eigenvalue weighted by atomic mass is 10.2. The third-order valence-corrected chi connectivity index (χ3v) is 6.21. The van der Waals surface area contributed by atoms with Crippen LogP contribution in [0.2, 0.25) is 0 Å². The monoisotopic (exact) mass is 430 g/mol. The third-order valence-electron chi connectivity index (χ3n) is 4.15. The Bertz CT molecular complexity index is 866. The molecule has 1 N–H and O–H groups in total. The van der Waals surface area contributed by atoms with Crippen LogP contribution in [0.4, 0.5) is 0 Å². The number of halogens is 1. The van der Waals surface area contributed by atoms with Gasteiger partial charge in [-0.15, -0.1) is 11.3 Å². The molecular formula is C16H19BrN2O5S. The zero-order chi connectivity index (χ0) is 17.8. The fourth-order valence-corrected chi connectivity index (χ4v) is 4.53. The Hall–Kier alpha value is -1.29. The summed E-state index contributed by atoms with van der Waals surface area (Å²) >= 11 is 4.54. The Labute approximate surface area is 156 Å². The van der Waals surface area contributed by atoms with E-state index in [-0.39, 0.29) is 18.2 Å². The maximum atomic E-state index is 12.7. The first kappa shape index (κ1) is 18.5. The van der Waals surface area contributed by atoms with Gasteiger partial charge in [0.25, 0.3) is 5.56 Å². The fraction of sp³-hybridized carbons (Fsp3) is 0.562. The number of thiophene rings is 1. The van der Waals surface area contributed by atoms with E-state index in [2.05, 4.69) is 20.9 Å². The number of nitrogens with one attached hydrogen (secondary N) is 1. The summed E-state index contributed by atoms with van der Waals surface area (Å²) in [6, 6.07) is 0. The van der Waals surface area contributed by atoms with Crippen LogP contribution in [-0.4, -0.2) is 35.3 Å². The van der Waals surface area contributed by atoms with Crippen LogP contribution < -0.4 is 11.2 Å². The SMILES string of the molecule is O=Cc1c(CBr)sc2[nH]c(=O)n(CCCOC3CCCCO3)c(=O)c12. The second kappa shape index (κ2) is 8.39. The van der Waals surface area contributed by atoms with Crippen molar-refractivity contribution in [1.82, 2.24) is 9.55 Å². The van der Waals surface area contributed by atoms with E-state index in [1.54, 1.807) is 0 Å². The summed E-state index contributed by atoms with van der Waals surface area (Å²) in [4.78, 5) is 40.1. The summed E-state index contributed by atoms with van der Waals surface area (Å²) in [5, 5.41) is 0.738. The molecule has 0 bridgehead atoms. The van der Waals surface area contributed by atoms with Crippen molar-refractivity contribution in [3.8, 4) is 0 Å². The zero-order valence-electron chi connectivity index (χ0n) is 13.6. The number of carbonyl (C=O) groups excluding carboxylic acids is 1. The second-order valence-corrected chi connectivity index (χ2v) is 7.47. The molecule has 136 valence electrons. The number of carbonyl (C=O) groups is 1. The topological polar surface area (TPSA) is 90.4 Å². The molecule has 0 aliphatic carbocycles. The van der Waals surface area contributed by atoms with Gasteiger partial charge in [-0.3, -0.25) is 19.1 Å². The lowest BCUT2D eigenvalue weighted by Gasteiger charge is -2.22. The number of fused-ring (bicyclic) bond motifs is 1. The van der Waals surface area contributed by atoms with Gasteiger partial charge in [-0.25, -0.2) is 4.79 Å². The molecule has 1 unspecified atom stereocenters. The molecule has 0 amide bonds. The smallest absolute Gasteiger partial charge is 0.329 e. The molecule has 1 fully saturated rings. The van der Waals surface area contributed by atoms with Crippen LogP contribution in [-0.2, 0) is 21.3 Å². The summed E-state index contributed by atoms with van der Waals surface area (Å²) in [7, 11) is 0. The predicted molar refractivity (Wildman–Crippen MR) is 98.9 cm³/mol. The van der Waals surface area contributed by atoms with Gasteiger partial charge in [0.1, 0.15) is 4.83 Å². The Kier molecular flexibility index (Phi) is 6.21. The van der Waals surface area contributed by atoms with E-state index in [1.165, 1.54) is 11.3 Å². The lowest BCUT2D eigenvalue weighted by molar-refractivity contribution is -0.163. The molecule has 9 heteroatoms.